The van der Waals surface area contributed by atoms with Gasteiger partial charge in [-0.2, -0.15) is 11.8 Å². The van der Waals surface area contributed by atoms with Crippen molar-refractivity contribution in [2.24, 2.45) is 0 Å². The van der Waals surface area contributed by atoms with Crippen LogP contribution in [-0.2, 0) is 6.54 Å². The standard InChI is InChI=1S/C15H22N2O2S/c1-3-20-15-6-4-5-13(15)16-10-12-8-7-11(2)14(9-12)17(18)19/h7-9,13,15-16H,3-6,10H2,1-2H3. The van der Waals surface area contributed by atoms with E-state index in [9.17, 15) is 10.1 Å². The molecule has 0 bridgehead atoms. The van der Waals surface area contributed by atoms with Gasteiger partial charge in [-0.25, -0.2) is 0 Å². The number of nitro benzene ring substituents is 1. The molecule has 1 aliphatic rings. The zero-order valence-corrected chi connectivity index (χ0v) is 12.9. The van der Waals surface area contributed by atoms with Crippen molar-refractivity contribution in [3.63, 3.8) is 0 Å². The van der Waals surface area contributed by atoms with Crippen LogP contribution in [0.15, 0.2) is 18.2 Å². The minimum atomic E-state index is -0.301. The lowest BCUT2D eigenvalue weighted by Gasteiger charge is -2.20. The lowest BCUT2D eigenvalue weighted by Crippen LogP contribution is -2.33. The predicted molar refractivity (Wildman–Crippen MR) is 84.2 cm³/mol. The zero-order chi connectivity index (χ0) is 14.5. The molecule has 2 atom stereocenters. The smallest absolute Gasteiger partial charge is 0.272 e. The molecule has 0 heterocycles. The van der Waals surface area contributed by atoms with Gasteiger partial charge in [-0.1, -0.05) is 25.5 Å². The first-order chi connectivity index (χ1) is 9.61. The van der Waals surface area contributed by atoms with E-state index in [1.54, 1.807) is 13.0 Å². The predicted octanol–water partition coefficient (Wildman–Crippen LogP) is 3.67. The van der Waals surface area contributed by atoms with Crippen LogP contribution in [0.5, 0.6) is 0 Å². The number of nitro groups is 1. The monoisotopic (exact) mass is 294 g/mol. The van der Waals surface area contributed by atoms with Gasteiger partial charge in [-0.3, -0.25) is 10.1 Å². The number of nitrogens with one attached hydrogen (secondary N) is 1. The summed E-state index contributed by atoms with van der Waals surface area (Å²) >= 11 is 2.02. The Morgan fingerprint density at radius 3 is 2.95 bits per heavy atom. The molecule has 110 valence electrons. The van der Waals surface area contributed by atoms with Gasteiger partial charge in [0.2, 0.25) is 0 Å². The number of aryl methyl sites for hydroxylation is 1. The van der Waals surface area contributed by atoms with Crippen LogP contribution in [0.3, 0.4) is 0 Å². The molecule has 1 aromatic carbocycles. The van der Waals surface area contributed by atoms with Gasteiger partial charge in [0.25, 0.3) is 5.69 Å². The van der Waals surface area contributed by atoms with E-state index in [0.717, 1.165) is 16.9 Å². The molecule has 1 aromatic rings. The molecule has 5 heteroatoms. The Morgan fingerprint density at radius 1 is 1.45 bits per heavy atom. The summed E-state index contributed by atoms with van der Waals surface area (Å²) in [5, 5.41) is 15.2. The summed E-state index contributed by atoms with van der Waals surface area (Å²) in [5.41, 5.74) is 1.93. The fourth-order valence-electron chi connectivity index (χ4n) is 2.78. The van der Waals surface area contributed by atoms with Crippen molar-refractivity contribution in [2.45, 2.75) is 50.9 Å². The van der Waals surface area contributed by atoms with Crippen LogP contribution in [0.2, 0.25) is 0 Å². The Labute approximate surface area is 124 Å². The van der Waals surface area contributed by atoms with Crippen molar-refractivity contribution in [3.8, 4) is 0 Å². The molecular weight excluding hydrogens is 272 g/mol. The Kier molecular flexibility index (Phi) is 5.43. The Bertz CT molecular complexity index is 479. The molecule has 0 spiro atoms. The molecule has 1 saturated carbocycles. The van der Waals surface area contributed by atoms with E-state index in [1.807, 2.05) is 23.9 Å². The summed E-state index contributed by atoms with van der Waals surface area (Å²) in [6.45, 7) is 4.69. The molecule has 2 unspecified atom stereocenters. The van der Waals surface area contributed by atoms with Gasteiger partial charge in [0, 0.05) is 29.5 Å². The van der Waals surface area contributed by atoms with Gasteiger partial charge in [-0.15, -0.1) is 0 Å². The molecule has 0 aromatic heterocycles. The van der Waals surface area contributed by atoms with E-state index in [4.69, 9.17) is 0 Å². The maximum Gasteiger partial charge on any atom is 0.272 e. The van der Waals surface area contributed by atoms with Crippen LogP contribution in [0, 0.1) is 17.0 Å². The van der Waals surface area contributed by atoms with Gasteiger partial charge in [-0.05, 0) is 31.1 Å². The maximum atomic E-state index is 11.0. The third kappa shape index (κ3) is 3.73. The Morgan fingerprint density at radius 2 is 2.25 bits per heavy atom. The van der Waals surface area contributed by atoms with Gasteiger partial charge < -0.3 is 5.32 Å². The Hall–Kier alpha value is -1.07. The number of benzene rings is 1. The van der Waals surface area contributed by atoms with Crippen LogP contribution in [-0.4, -0.2) is 22.0 Å². The van der Waals surface area contributed by atoms with Crippen molar-refractivity contribution in [1.82, 2.24) is 5.32 Å². The van der Waals surface area contributed by atoms with Crippen molar-refractivity contribution in [3.05, 3.63) is 39.4 Å². The fraction of sp³-hybridized carbons (Fsp3) is 0.600. The van der Waals surface area contributed by atoms with E-state index < -0.39 is 0 Å². The largest absolute Gasteiger partial charge is 0.309 e. The SMILES string of the molecule is CCSC1CCCC1NCc1ccc(C)c([N+](=O)[O-])c1. The van der Waals surface area contributed by atoms with Crippen LogP contribution in [0.4, 0.5) is 5.69 Å². The van der Waals surface area contributed by atoms with Crippen LogP contribution in [0.1, 0.15) is 37.3 Å². The minimum Gasteiger partial charge on any atom is -0.309 e. The maximum absolute atomic E-state index is 11.0. The second-order valence-electron chi connectivity index (χ2n) is 5.29. The highest BCUT2D eigenvalue weighted by Crippen LogP contribution is 2.30. The molecule has 2 rings (SSSR count). The highest BCUT2D eigenvalue weighted by molar-refractivity contribution is 7.99. The van der Waals surface area contributed by atoms with Crippen molar-refractivity contribution < 1.29 is 4.92 Å². The fourth-order valence-corrected chi connectivity index (χ4v) is 4.01. The summed E-state index contributed by atoms with van der Waals surface area (Å²) in [6.07, 6.45) is 3.78. The van der Waals surface area contributed by atoms with Crippen molar-refractivity contribution in [1.29, 1.82) is 0 Å². The summed E-state index contributed by atoms with van der Waals surface area (Å²) in [6, 6.07) is 6.05. The van der Waals surface area contributed by atoms with E-state index in [0.29, 0.717) is 17.8 Å². The van der Waals surface area contributed by atoms with Crippen LogP contribution < -0.4 is 5.32 Å². The summed E-state index contributed by atoms with van der Waals surface area (Å²) < 4.78 is 0. The Balaban J connectivity index is 1.97. The number of nitrogens with zero attached hydrogens (tertiary/aromatic N) is 1. The lowest BCUT2D eigenvalue weighted by molar-refractivity contribution is -0.385. The minimum absolute atomic E-state index is 0.218. The summed E-state index contributed by atoms with van der Waals surface area (Å²) in [7, 11) is 0. The summed E-state index contributed by atoms with van der Waals surface area (Å²) in [5.74, 6) is 1.15. The van der Waals surface area contributed by atoms with Gasteiger partial charge in [0.15, 0.2) is 0 Å². The third-order valence-electron chi connectivity index (χ3n) is 3.87. The lowest BCUT2D eigenvalue weighted by atomic mass is 10.1. The van der Waals surface area contributed by atoms with E-state index >= 15 is 0 Å². The average molecular weight is 294 g/mol. The molecule has 1 N–H and O–H groups in total. The first-order valence-electron chi connectivity index (χ1n) is 7.20. The van der Waals surface area contributed by atoms with E-state index in [1.165, 1.54) is 19.3 Å². The van der Waals surface area contributed by atoms with E-state index in [-0.39, 0.29) is 10.6 Å². The van der Waals surface area contributed by atoms with Crippen LogP contribution in [0.25, 0.3) is 0 Å². The topological polar surface area (TPSA) is 55.2 Å². The second kappa shape index (κ2) is 7.09. The highest BCUT2D eigenvalue weighted by atomic mass is 32.2. The first kappa shape index (κ1) is 15.3. The molecule has 0 amide bonds. The number of hydrogen-bond donors (Lipinski definition) is 1. The molecular formula is C15H22N2O2S. The molecule has 4 nitrogen and oxygen atoms in total. The van der Waals surface area contributed by atoms with Crippen molar-refractivity contribution >= 4 is 17.4 Å². The van der Waals surface area contributed by atoms with Gasteiger partial charge in [0.05, 0.1) is 4.92 Å². The van der Waals surface area contributed by atoms with Gasteiger partial charge >= 0.3 is 0 Å². The van der Waals surface area contributed by atoms with Crippen LogP contribution >= 0.6 is 11.8 Å². The number of rotatable bonds is 6. The van der Waals surface area contributed by atoms with Crippen molar-refractivity contribution in [2.75, 3.05) is 5.75 Å². The molecule has 0 radical (unpaired) electrons. The second-order valence-corrected chi connectivity index (χ2v) is 6.81. The van der Waals surface area contributed by atoms with E-state index in [2.05, 4.69) is 12.2 Å². The molecule has 0 aliphatic heterocycles. The average Bonchev–Trinajstić information content (AvgIpc) is 2.85. The molecule has 1 fully saturated rings. The number of hydrogen-bond acceptors (Lipinski definition) is 4. The van der Waals surface area contributed by atoms with Gasteiger partial charge in [0.1, 0.15) is 0 Å². The summed E-state index contributed by atoms with van der Waals surface area (Å²) in [4.78, 5) is 10.7. The normalized spacial score (nSPS) is 22.1. The molecule has 20 heavy (non-hydrogen) atoms. The molecule has 1 aliphatic carbocycles. The zero-order valence-electron chi connectivity index (χ0n) is 12.1. The third-order valence-corrected chi connectivity index (χ3v) is 5.20. The molecule has 0 saturated heterocycles. The first-order valence-corrected chi connectivity index (χ1v) is 8.25. The number of thioether (sulfide) groups is 1. The quantitative estimate of drug-likeness (QED) is 0.642. The highest BCUT2D eigenvalue weighted by Gasteiger charge is 2.26.